The fourth-order valence-electron chi connectivity index (χ4n) is 2.90. The highest BCUT2D eigenvalue weighted by atomic mass is 79.9. The van der Waals surface area contributed by atoms with Crippen molar-refractivity contribution in [1.82, 2.24) is 19.1 Å². The molecule has 0 amide bonds. The molecule has 32 heavy (non-hydrogen) atoms. The maximum absolute atomic E-state index is 12.6. The molecule has 2 aromatic heterocycles. The summed E-state index contributed by atoms with van der Waals surface area (Å²) in [7, 11) is 0. The van der Waals surface area contributed by atoms with Gasteiger partial charge in [-0.1, -0.05) is 41.9 Å². The Morgan fingerprint density at radius 1 is 1.19 bits per heavy atom. The van der Waals surface area contributed by atoms with Gasteiger partial charge in [0.05, 0.1) is 0 Å². The standard InChI is InChI=1S/C18H21BrN4O2.C2HF3O2/c1-4-22-17(24)15-16(23(18(22)25)10-11(2)3)21-14(20-15)9-12-5-7-13(19)8-6-12;3-2(4,5)1(6)7/h5-8,11H,4,9-10H2,1-3H3,(H,20,21);(H,6,7). The molecule has 0 aliphatic rings. The zero-order valence-corrected chi connectivity index (χ0v) is 19.1. The first-order chi connectivity index (χ1) is 14.8. The van der Waals surface area contributed by atoms with Crippen molar-refractivity contribution in [1.29, 1.82) is 0 Å². The summed E-state index contributed by atoms with van der Waals surface area (Å²) in [5, 5.41) is 7.12. The molecule has 0 radical (unpaired) electrons. The lowest BCUT2D eigenvalue weighted by molar-refractivity contribution is -0.192. The molecule has 174 valence electrons. The Kier molecular flexibility index (Phi) is 8.05. The Labute approximate surface area is 188 Å². The van der Waals surface area contributed by atoms with Gasteiger partial charge < -0.3 is 10.1 Å². The number of rotatable bonds is 5. The summed E-state index contributed by atoms with van der Waals surface area (Å²) >= 11 is 3.42. The number of halogens is 4. The lowest BCUT2D eigenvalue weighted by atomic mass is 10.1. The minimum Gasteiger partial charge on any atom is -0.475 e. The van der Waals surface area contributed by atoms with Gasteiger partial charge in [-0.2, -0.15) is 13.2 Å². The molecular formula is C20H22BrF3N4O4. The van der Waals surface area contributed by atoms with Crippen molar-refractivity contribution in [2.24, 2.45) is 5.92 Å². The Morgan fingerprint density at radius 2 is 1.75 bits per heavy atom. The SMILES string of the molecule is CCn1c(=O)c2[nH]c(Cc3ccc(Br)cc3)nc2n(CC(C)C)c1=O.O=C(O)C(F)(F)F. The molecule has 0 bridgehead atoms. The summed E-state index contributed by atoms with van der Waals surface area (Å²) in [5.41, 5.74) is 1.32. The molecule has 8 nitrogen and oxygen atoms in total. The summed E-state index contributed by atoms with van der Waals surface area (Å²) in [6.45, 7) is 6.74. The first-order valence-electron chi connectivity index (χ1n) is 9.61. The minimum absolute atomic E-state index is 0.273. The number of carboxylic acid groups (broad SMARTS) is 1. The molecular weight excluding hydrogens is 497 g/mol. The van der Waals surface area contributed by atoms with Crippen molar-refractivity contribution < 1.29 is 23.1 Å². The molecule has 0 spiro atoms. The molecule has 0 unspecified atom stereocenters. The Balaban J connectivity index is 0.000000451. The zero-order chi connectivity index (χ0) is 24.2. The average molecular weight is 519 g/mol. The fraction of sp³-hybridized carbons (Fsp3) is 0.400. The van der Waals surface area contributed by atoms with E-state index in [1.54, 1.807) is 11.5 Å². The van der Waals surface area contributed by atoms with Gasteiger partial charge in [0.1, 0.15) is 11.3 Å². The molecule has 1 aromatic carbocycles. The van der Waals surface area contributed by atoms with E-state index in [0.29, 0.717) is 36.5 Å². The highest BCUT2D eigenvalue weighted by Crippen LogP contribution is 2.15. The van der Waals surface area contributed by atoms with E-state index >= 15 is 0 Å². The number of hydrogen-bond donors (Lipinski definition) is 2. The Morgan fingerprint density at radius 3 is 2.22 bits per heavy atom. The number of hydrogen-bond acceptors (Lipinski definition) is 4. The van der Waals surface area contributed by atoms with Gasteiger partial charge in [0.15, 0.2) is 5.65 Å². The van der Waals surface area contributed by atoms with Crippen LogP contribution in [0.15, 0.2) is 38.3 Å². The third kappa shape index (κ3) is 6.09. The molecule has 0 saturated heterocycles. The van der Waals surface area contributed by atoms with Crippen molar-refractivity contribution in [2.45, 2.75) is 46.5 Å². The number of fused-ring (bicyclic) bond motifs is 1. The predicted octanol–water partition coefficient (Wildman–Crippen LogP) is 3.55. The number of aromatic nitrogens is 4. The second-order valence-electron chi connectivity index (χ2n) is 7.32. The van der Waals surface area contributed by atoms with Gasteiger partial charge in [-0.05, 0) is 30.5 Å². The Bertz CT molecular complexity index is 1210. The van der Waals surface area contributed by atoms with E-state index in [1.807, 2.05) is 38.1 Å². The van der Waals surface area contributed by atoms with E-state index in [9.17, 15) is 22.8 Å². The molecule has 0 aliphatic heterocycles. The largest absolute Gasteiger partial charge is 0.490 e. The van der Waals surface area contributed by atoms with Crippen LogP contribution in [-0.4, -0.2) is 36.4 Å². The van der Waals surface area contributed by atoms with Crippen LogP contribution in [0, 0.1) is 5.92 Å². The average Bonchev–Trinajstić information content (AvgIpc) is 3.11. The summed E-state index contributed by atoms with van der Waals surface area (Å²) in [6.07, 6.45) is -4.51. The molecule has 0 saturated carbocycles. The number of carbonyl (C=O) groups is 1. The molecule has 3 aromatic rings. The fourth-order valence-corrected chi connectivity index (χ4v) is 3.17. The van der Waals surface area contributed by atoms with Gasteiger partial charge in [0.25, 0.3) is 5.56 Å². The second-order valence-corrected chi connectivity index (χ2v) is 8.24. The van der Waals surface area contributed by atoms with Crippen LogP contribution in [0.4, 0.5) is 13.2 Å². The number of alkyl halides is 3. The van der Waals surface area contributed by atoms with Crippen molar-refractivity contribution in [2.75, 3.05) is 0 Å². The van der Waals surface area contributed by atoms with E-state index < -0.39 is 12.1 Å². The van der Waals surface area contributed by atoms with Crippen molar-refractivity contribution in [3.63, 3.8) is 0 Å². The molecule has 2 heterocycles. The highest BCUT2D eigenvalue weighted by molar-refractivity contribution is 9.10. The van der Waals surface area contributed by atoms with Crippen molar-refractivity contribution in [3.8, 4) is 0 Å². The lowest BCUT2D eigenvalue weighted by Crippen LogP contribution is -2.40. The third-order valence-corrected chi connectivity index (χ3v) is 4.83. The van der Waals surface area contributed by atoms with Crippen LogP contribution in [0.25, 0.3) is 11.2 Å². The van der Waals surface area contributed by atoms with Crippen molar-refractivity contribution in [3.05, 3.63) is 61.0 Å². The topological polar surface area (TPSA) is 110 Å². The molecule has 2 N–H and O–H groups in total. The van der Waals surface area contributed by atoms with Crippen LogP contribution in [0.5, 0.6) is 0 Å². The van der Waals surface area contributed by atoms with Crippen LogP contribution in [0.1, 0.15) is 32.2 Å². The minimum atomic E-state index is -5.08. The molecule has 0 aliphatic carbocycles. The normalized spacial score (nSPS) is 11.5. The molecule has 0 atom stereocenters. The van der Waals surface area contributed by atoms with Crippen LogP contribution in [0.3, 0.4) is 0 Å². The number of H-pyrrole nitrogens is 1. The zero-order valence-electron chi connectivity index (χ0n) is 17.5. The van der Waals surface area contributed by atoms with Gasteiger partial charge in [-0.25, -0.2) is 14.6 Å². The van der Waals surface area contributed by atoms with Gasteiger partial charge in [0.2, 0.25) is 0 Å². The smallest absolute Gasteiger partial charge is 0.475 e. The number of aromatic amines is 1. The highest BCUT2D eigenvalue weighted by Gasteiger charge is 2.38. The van der Waals surface area contributed by atoms with Crippen LogP contribution < -0.4 is 11.2 Å². The lowest BCUT2D eigenvalue weighted by Gasteiger charge is -2.11. The van der Waals surface area contributed by atoms with E-state index in [0.717, 1.165) is 10.0 Å². The van der Waals surface area contributed by atoms with Gasteiger partial charge >= 0.3 is 17.8 Å². The third-order valence-electron chi connectivity index (χ3n) is 4.30. The molecule has 0 fully saturated rings. The monoisotopic (exact) mass is 518 g/mol. The summed E-state index contributed by atoms with van der Waals surface area (Å²) < 4.78 is 35.6. The summed E-state index contributed by atoms with van der Waals surface area (Å²) in [4.78, 5) is 41.8. The number of aliphatic carboxylic acids is 1. The Hall–Kier alpha value is -2.89. The van der Waals surface area contributed by atoms with Crippen LogP contribution in [0.2, 0.25) is 0 Å². The maximum atomic E-state index is 12.6. The summed E-state index contributed by atoms with van der Waals surface area (Å²) in [5.74, 6) is -1.80. The molecule has 3 rings (SSSR count). The second kappa shape index (κ2) is 10.2. The first kappa shape index (κ1) is 25.4. The van der Waals surface area contributed by atoms with E-state index in [1.165, 1.54) is 4.57 Å². The number of imidazole rings is 1. The summed E-state index contributed by atoms with van der Waals surface area (Å²) in [6, 6.07) is 7.94. The van der Waals surface area contributed by atoms with E-state index in [2.05, 4.69) is 25.9 Å². The number of nitrogens with zero attached hydrogens (tertiary/aromatic N) is 3. The van der Waals surface area contributed by atoms with Crippen LogP contribution >= 0.6 is 15.9 Å². The van der Waals surface area contributed by atoms with Gasteiger partial charge in [-0.3, -0.25) is 13.9 Å². The number of benzene rings is 1. The number of nitrogens with one attached hydrogen (secondary N) is 1. The maximum Gasteiger partial charge on any atom is 0.490 e. The van der Waals surface area contributed by atoms with Gasteiger partial charge in [-0.15, -0.1) is 0 Å². The van der Waals surface area contributed by atoms with Crippen LogP contribution in [-0.2, 0) is 24.3 Å². The number of carboxylic acids is 1. The van der Waals surface area contributed by atoms with E-state index in [-0.39, 0.29) is 17.2 Å². The molecule has 12 heteroatoms. The van der Waals surface area contributed by atoms with Gasteiger partial charge in [0, 0.05) is 24.0 Å². The van der Waals surface area contributed by atoms with E-state index in [4.69, 9.17) is 9.90 Å². The quantitative estimate of drug-likeness (QED) is 0.536. The first-order valence-corrected chi connectivity index (χ1v) is 10.4. The van der Waals surface area contributed by atoms with Crippen molar-refractivity contribution >= 4 is 33.1 Å². The predicted molar refractivity (Wildman–Crippen MR) is 116 cm³/mol.